The summed E-state index contributed by atoms with van der Waals surface area (Å²) < 4.78 is 2.63. The van der Waals surface area contributed by atoms with Crippen molar-refractivity contribution in [2.75, 3.05) is 0 Å². The molecule has 0 aliphatic rings. The van der Waals surface area contributed by atoms with Crippen LogP contribution in [0.4, 0.5) is 0 Å². The molecular formula is C11H13BrN4. The normalized spacial score (nSPS) is 10.8. The van der Waals surface area contributed by atoms with E-state index >= 15 is 0 Å². The van der Waals surface area contributed by atoms with Crippen molar-refractivity contribution in [2.45, 2.75) is 27.7 Å². The van der Waals surface area contributed by atoms with E-state index in [1.807, 2.05) is 31.5 Å². The Morgan fingerprint density at radius 1 is 1.12 bits per heavy atom. The second-order valence-electron chi connectivity index (χ2n) is 3.80. The smallest absolute Gasteiger partial charge is 0.158 e. The molecule has 2 aromatic rings. The Bertz CT molecular complexity index is 525. The van der Waals surface area contributed by atoms with Crippen molar-refractivity contribution >= 4 is 15.9 Å². The van der Waals surface area contributed by atoms with Crippen molar-refractivity contribution in [3.05, 3.63) is 33.4 Å². The average Bonchev–Trinajstić information content (AvgIpc) is 2.44. The van der Waals surface area contributed by atoms with E-state index in [9.17, 15) is 0 Å². The highest BCUT2D eigenvalue weighted by atomic mass is 79.9. The van der Waals surface area contributed by atoms with E-state index in [1.165, 1.54) is 5.56 Å². The van der Waals surface area contributed by atoms with E-state index in [0.29, 0.717) is 0 Å². The van der Waals surface area contributed by atoms with E-state index in [1.54, 1.807) is 0 Å². The van der Waals surface area contributed by atoms with Gasteiger partial charge in [0.05, 0.1) is 5.69 Å². The molecule has 0 amide bonds. The molecular weight excluding hydrogens is 268 g/mol. The Kier molecular flexibility index (Phi) is 2.80. The molecule has 0 radical (unpaired) electrons. The molecule has 0 aromatic carbocycles. The van der Waals surface area contributed by atoms with E-state index in [2.05, 4.69) is 37.9 Å². The first-order valence-electron chi connectivity index (χ1n) is 5.03. The summed E-state index contributed by atoms with van der Waals surface area (Å²) in [5.74, 6) is 1.53. The minimum absolute atomic E-state index is 0.731. The van der Waals surface area contributed by atoms with Gasteiger partial charge in [0, 0.05) is 11.8 Å². The Morgan fingerprint density at radius 3 is 2.31 bits per heavy atom. The summed E-state index contributed by atoms with van der Waals surface area (Å²) in [6.07, 6.45) is 0. The summed E-state index contributed by atoms with van der Waals surface area (Å²) >= 11 is 3.37. The molecule has 0 unspecified atom stereocenters. The Hall–Kier alpha value is -1.23. The average molecular weight is 281 g/mol. The standard InChI is InChI=1S/C11H13BrN4/c1-6-7(2)15-16(8(6)3)11-5-10(12)13-9(4)14-11/h5H,1-4H3. The number of aryl methyl sites for hydroxylation is 2. The third kappa shape index (κ3) is 1.87. The molecule has 0 fully saturated rings. The van der Waals surface area contributed by atoms with Crippen LogP contribution in [0.1, 0.15) is 22.8 Å². The van der Waals surface area contributed by atoms with Gasteiger partial charge in [-0.05, 0) is 49.2 Å². The molecule has 0 aliphatic carbocycles. The predicted molar refractivity (Wildman–Crippen MR) is 65.8 cm³/mol. The second kappa shape index (κ2) is 3.97. The molecule has 0 N–H and O–H groups in total. The minimum atomic E-state index is 0.731. The molecule has 4 nitrogen and oxygen atoms in total. The molecule has 0 atom stereocenters. The van der Waals surface area contributed by atoms with Gasteiger partial charge in [0.15, 0.2) is 5.82 Å². The van der Waals surface area contributed by atoms with Crippen LogP contribution < -0.4 is 0 Å². The van der Waals surface area contributed by atoms with Gasteiger partial charge in [-0.25, -0.2) is 14.6 Å². The second-order valence-corrected chi connectivity index (χ2v) is 4.62. The van der Waals surface area contributed by atoms with E-state index in [-0.39, 0.29) is 0 Å². The molecule has 16 heavy (non-hydrogen) atoms. The zero-order valence-electron chi connectivity index (χ0n) is 9.74. The third-order valence-corrected chi connectivity index (χ3v) is 3.07. The van der Waals surface area contributed by atoms with Crippen molar-refractivity contribution in [1.29, 1.82) is 0 Å². The molecule has 2 aromatic heterocycles. The number of hydrogen-bond acceptors (Lipinski definition) is 3. The zero-order valence-corrected chi connectivity index (χ0v) is 11.3. The lowest BCUT2D eigenvalue weighted by Gasteiger charge is -2.04. The molecule has 0 spiro atoms. The monoisotopic (exact) mass is 280 g/mol. The van der Waals surface area contributed by atoms with Gasteiger partial charge in [-0.3, -0.25) is 0 Å². The van der Waals surface area contributed by atoms with E-state index in [0.717, 1.165) is 27.6 Å². The van der Waals surface area contributed by atoms with Crippen LogP contribution in [-0.2, 0) is 0 Å². The summed E-state index contributed by atoms with van der Waals surface area (Å²) in [6.45, 7) is 7.98. The van der Waals surface area contributed by atoms with Crippen LogP contribution >= 0.6 is 15.9 Å². The van der Waals surface area contributed by atoms with Crippen LogP contribution in [0.3, 0.4) is 0 Å². The molecule has 0 aliphatic heterocycles. The van der Waals surface area contributed by atoms with E-state index < -0.39 is 0 Å². The Labute approximate surface area is 103 Å². The van der Waals surface area contributed by atoms with Gasteiger partial charge in [0.2, 0.25) is 0 Å². The minimum Gasteiger partial charge on any atom is -0.226 e. The first kappa shape index (κ1) is 11.3. The summed E-state index contributed by atoms with van der Waals surface area (Å²) in [7, 11) is 0. The fourth-order valence-corrected chi connectivity index (χ4v) is 2.03. The van der Waals surface area contributed by atoms with E-state index in [4.69, 9.17) is 0 Å². The summed E-state index contributed by atoms with van der Waals surface area (Å²) in [5.41, 5.74) is 3.35. The largest absolute Gasteiger partial charge is 0.226 e. The number of nitrogens with zero attached hydrogens (tertiary/aromatic N) is 4. The highest BCUT2D eigenvalue weighted by molar-refractivity contribution is 9.10. The first-order chi connectivity index (χ1) is 7.49. The maximum atomic E-state index is 4.47. The Morgan fingerprint density at radius 2 is 1.81 bits per heavy atom. The van der Waals surface area contributed by atoms with Gasteiger partial charge >= 0.3 is 0 Å². The van der Waals surface area contributed by atoms with Crippen molar-refractivity contribution in [3.63, 3.8) is 0 Å². The number of aromatic nitrogens is 4. The van der Waals surface area contributed by atoms with Crippen LogP contribution in [0.25, 0.3) is 5.82 Å². The molecule has 0 saturated carbocycles. The lowest BCUT2D eigenvalue weighted by molar-refractivity contribution is 0.790. The molecule has 0 saturated heterocycles. The maximum absolute atomic E-state index is 4.47. The lowest BCUT2D eigenvalue weighted by Crippen LogP contribution is -2.04. The summed E-state index contributed by atoms with van der Waals surface area (Å²) in [4.78, 5) is 8.56. The SMILES string of the molecule is Cc1nc(Br)cc(-n2nc(C)c(C)c2C)n1. The number of halogens is 1. The number of rotatable bonds is 1. The third-order valence-electron chi connectivity index (χ3n) is 2.66. The topological polar surface area (TPSA) is 43.6 Å². The van der Waals surface area contributed by atoms with Crippen LogP contribution in [0.15, 0.2) is 10.7 Å². The predicted octanol–water partition coefficient (Wildman–Crippen LogP) is 2.66. The van der Waals surface area contributed by atoms with Crippen molar-refractivity contribution < 1.29 is 0 Å². The van der Waals surface area contributed by atoms with Crippen LogP contribution in [0.5, 0.6) is 0 Å². The maximum Gasteiger partial charge on any atom is 0.158 e. The molecule has 84 valence electrons. The molecule has 5 heteroatoms. The van der Waals surface area contributed by atoms with Gasteiger partial charge in [-0.1, -0.05) is 0 Å². The van der Waals surface area contributed by atoms with Crippen LogP contribution in [0, 0.1) is 27.7 Å². The summed E-state index contributed by atoms with van der Waals surface area (Å²) in [6, 6.07) is 1.87. The first-order valence-corrected chi connectivity index (χ1v) is 5.82. The highest BCUT2D eigenvalue weighted by Crippen LogP contribution is 2.17. The Balaban J connectivity index is 2.62. The van der Waals surface area contributed by atoms with Crippen molar-refractivity contribution in [1.82, 2.24) is 19.7 Å². The van der Waals surface area contributed by atoms with Gasteiger partial charge < -0.3 is 0 Å². The molecule has 2 rings (SSSR count). The molecule has 0 bridgehead atoms. The fourth-order valence-electron chi connectivity index (χ4n) is 1.57. The quantitative estimate of drug-likeness (QED) is 0.755. The van der Waals surface area contributed by atoms with Crippen molar-refractivity contribution in [3.8, 4) is 5.82 Å². The van der Waals surface area contributed by atoms with Crippen molar-refractivity contribution in [2.24, 2.45) is 0 Å². The highest BCUT2D eigenvalue weighted by Gasteiger charge is 2.10. The summed E-state index contributed by atoms with van der Waals surface area (Å²) in [5, 5.41) is 4.47. The van der Waals surface area contributed by atoms with Gasteiger partial charge in [0.25, 0.3) is 0 Å². The molecule has 2 heterocycles. The van der Waals surface area contributed by atoms with Crippen LogP contribution in [-0.4, -0.2) is 19.7 Å². The van der Waals surface area contributed by atoms with Gasteiger partial charge in [0.1, 0.15) is 10.4 Å². The lowest BCUT2D eigenvalue weighted by atomic mass is 10.2. The van der Waals surface area contributed by atoms with Gasteiger partial charge in [-0.2, -0.15) is 5.10 Å². The van der Waals surface area contributed by atoms with Crippen LogP contribution in [0.2, 0.25) is 0 Å². The fraction of sp³-hybridized carbons (Fsp3) is 0.364. The van der Waals surface area contributed by atoms with Gasteiger partial charge in [-0.15, -0.1) is 0 Å². The zero-order chi connectivity index (χ0) is 11.9. The number of hydrogen-bond donors (Lipinski definition) is 0.